The molecule has 19 heteroatoms. The van der Waals surface area contributed by atoms with Gasteiger partial charge in [-0.15, -0.1) is 0 Å². The van der Waals surface area contributed by atoms with Gasteiger partial charge in [-0.1, -0.05) is 255 Å². The zero-order valence-electron chi connectivity index (χ0n) is 55.6. The van der Waals surface area contributed by atoms with E-state index in [9.17, 15) is 61.0 Å². The van der Waals surface area contributed by atoms with Gasteiger partial charge in [-0.25, -0.2) is 0 Å². The highest BCUT2D eigenvalue weighted by atomic mass is 16.8. The van der Waals surface area contributed by atoms with Crippen LogP contribution >= 0.6 is 0 Å². The Hall–Kier alpha value is -2.25. The van der Waals surface area contributed by atoms with Gasteiger partial charge in [0.25, 0.3) is 0 Å². The van der Waals surface area contributed by atoms with E-state index in [2.05, 4.69) is 67.8 Å². The van der Waals surface area contributed by atoms with Gasteiger partial charge in [-0.3, -0.25) is 4.79 Å². The van der Waals surface area contributed by atoms with Crippen LogP contribution < -0.4 is 5.32 Å². The zero-order chi connectivity index (χ0) is 65.4. The van der Waals surface area contributed by atoms with Gasteiger partial charge >= 0.3 is 0 Å². The maximum atomic E-state index is 13.4. The first-order valence-electron chi connectivity index (χ1n) is 35.9. The van der Waals surface area contributed by atoms with Crippen molar-refractivity contribution in [3.8, 4) is 0 Å². The van der Waals surface area contributed by atoms with Gasteiger partial charge in [0.2, 0.25) is 5.91 Å². The van der Waals surface area contributed by atoms with Crippen LogP contribution in [-0.2, 0) is 33.2 Å². The van der Waals surface area contributed by atoms with Gasteiger partial charge in [0.1, 0.15) is 73.2 Å². The van der Waals surface area contributed by atoms with Crippen LogP contribution in [0.4, 0.5) is 0 Å². The monoisotopic (exact) mass is 1280 g/mol. The second kappa shape index (κ2) is 53.0. The summed E-state index contributed by atoms with van der Waals surface area (Å²) in [5.41, 5.74) is 0. The lowest BCUT2D eigenvalue weighted by Gasteiger charge is -2.48. The molecule has 0 aromatic rings. The number of hydrogen-bond acceptors (Lipinski definition) is 18. The SMILES string of the molecule is CC/C=C\C/C=C\C/C=C\C/C=C\CCCCCCCCCCC(=O)NC(COC1OC(CO)C(OC2OC(CO)C(OC3OC(CO)C(O)C(O)C3O)C(O)C2O)C(O)C1O)C(O)CCCCCCCCCCCCCCCCCCCCCCCCCC. The van der Waals surface area contributed by atoms with Crippen LogP contribution in [0.2, 0.25) is 0 Å². The number of ether oxygens (including phenoxy) is 6. The van der Waals surface area contributed by atoms with E-state index >= 15 is 0 Å². The molecule has 1 amide bonds. The van der Waals surface area contributed by atoms with Crippen molar-refractivity contribution in [2.24, 2.45) is 0 Å². The number of allylic oxidation sites excluding steroid dienone is 8. The van der Waals surface area contributed by atoms with Gasteiger partial charge in [-0.05, 0) is 51.4 Å². The molecule has 0 bridgehead atoms. The minimum atomic E-state index is -1.97. The second-order valence-corrected chi connectivity index (χ2v) is 25.7. The first-order chi connectivity index (χ1) is 43.8. The van der Waals surface area contributed by atoms with E-state index in [0.717, 1.165) is 83.5 Å². The summed E-state index contributed by atoms with van der Waals surface area (Å²) in [6.07, 6.45) is 36.1. The largest absolute Gasteiger partial charge is 0.394 e. The quantitative estimate of drug-likeness (QED) is 0.0199. The Labute approximate surface area is 542 Å². The fraction of sp³-hybridized carbons (Fsp3) is 0.873. The number of hydrogen-bond donors (Lipinski definition) is 12. The van der Waals surface area contributed by atoms with Gasteiger partial charge < -0.3 is 89.9 Å². The Kier molecular flexibility index (Phi) is 48.2. The minimum Gasteiger partial charge on any atom is -0.394 e. The fourth-order valence-electron chi connectivity index (χ4n) is 12.1. The van der Waals surface area contributed by atoms with E-state index in [4.69, 9.17) is 28.4 Å². The van der Waals surface area contributed by atoms with E-state index in [0.29, 0.717) is 12.8 Å². The van der Waals surface area contributed by atoms with Gasteiger partial charge in [0.15, 0.2) is 18.9 Å². The highest BCUT2D eigenvalue weighted by Gasteiger charge is 2.53. The van der Waals surface area contributed by atoms with Crippen molar-refractivity contribution in [1.29, 1.82) is 0 Å². The predicted molar refractivity (Wildman–Crippen MR) is 351 cm³/mol. The number of aliphatic hydroxyl groups excluding tert-OH is 11. The van der Waals surface area contributed by atoms with E-state index in [-0.39, 0.29) is 18.9 Å². The van der Waals surface area contributed by atoms with Crippen LogP contribution in [0.1, 0.15) is 264 Å². The topological polar surface area (TPSA) is 307 Å². The molecule has 526 valence electrons. The third kappa shape index (κ3) is 34.4. The highest BCUT2D eigenvalue weighted by molar-refractivity contribution is 5.76. The summed E-state index contributed by atoms with van der Waals surface area (Å²) in [5, 5.41) is 121. The van der Waals surface area contributed by atoms with E-state index < -0.39 is 124 Å². The average molecular weight is 1280 g/mol. The van der Waals surface area contributed by atoms with Gasteiger partial charge in [0, 0.05) is 6.42 Å². The average Bonchev–Trinajstić information content (AvgIpc) is 0.853. The lowest BCUT2D eigenvalue weighted by atomic mass is 9.96. The van der Waals surface area contributed by atoms with Crippen LogP contribution in [0.5, 0.6) is 0 Å². The number of carbonyl (C=O) groups excluding carboxylic acids is 1. The molecule has 0 spiro atoms. The van der Waals surface area contributed by atoms with Crippen LogP contribution in [0.25, 0.3) is 0 Å². The molecule has 0 aliphatic carbocycles. The third-order valence-electron chi connectivity index (χ3n) is 17.9. The molecule has 17 atom stereocenters. The normalized spacial score (nSPS) is 28.3. The predicted octanol–water partition coefficient (Wildman–Crippen LogP) is 9.78. The van der Waals surface area contributed by atoms with Crippen LogP contribution in [-0.4, -0.2) is 193 Å². The van der Waals surface area contributed by atoms with Crippen molar-refractivity contribution in [3.05, 3.63) is 48.6 Å². The Bertz CT molecular complexity index is 1820. The summed E-state index contributed by atoms with van der Waals surface area (Å²) in [5.74, 6) is -0.250. The van der Waals surface area contributed by atoms with Gasteiger partial charge in [0.05, 0.1) is 38.6 Å². The summed E-state index contributed by atoms with van der Waals surface area (Å²) in [7, 11) is 0. The Balaban J connectivity index is 1.42. The molecule has 3 fully saturated rings. The molecular weight excluding hydrogens is 1150 g/mol. The zero-order valence-corrected chi connectivity index (χ0v) is 55.6. The molecule has 3 heterocycles. The molecule has 0 radical (unpaired) electrons. The molecule has 0 saturated carbocycles. The van der Waals surface area contributed by atoms with Crippen LogP contribution in [0.3, 0.4) is 0 Å². The molecular formula is C71H129NO18. The molecule has 3 aliphatic rings. The molecule has 19 nitrogen and oxygen atoms in total. The first kappa shape index (κ1) is 82.0. The lowest BCUT2D eigenvalue weighted by Crippen LogP contribution is -2.66. The minimum absolute atomic E-state index is 0.250. The molecule has 17 unspecified atom stereocenters. The molecule has 3 aliphatic heterocycles. The Morgan fingerprint density at radius 1 is 0.411 bits per heavy atom. The molecule has 3 saturated heterocycles. The molecule has 3 rings (SSSR count). The fourth-order valence-corrected chi connectivity index (χ4v) is 12.1. The highest BCUT2D eigenvalue weighted by Crippen LogP contribution is 2.33. The van der Waals surface area contributed by atoms with E-state index in [1.54, 1.807) is 0 Å². The summed E-state index contributed by atoms with van der Waals surface area (Å²) >= 11 is 0. The number of nitrogens with one attached hydrogen (secondary N) is 1. The van der Waals surface area contributed by atoms with Gasteiger partial charge in [-0.2, -0.15) is 0 Å². The first-order valence-corrected chi connectivity index (χ1v) is 35.9. The number of carbonyl (C=O) groups is 1. The van der Waals surface area contributed by atoms with Crippen molar-refractivity contribution in [3.63, 3.8) is 0 Å². The van der Waals surface area contributed by atoms with Crippen molar-refractivity contribution in [2.45, 2.75) is 369 Å². The standard InChI is InChI=1S/C71H129NO18/c1-3-5-7-9-11-13-15-17-19-21-23-25-26-27-29-30-32-34-36-38-40-42-44-46-48-55(76)54(72-59(77)49-47-45-43-41-39-37-35-33-31-28-24-22-20-18-16-14-12-10-8-6-4-2)53-85-69-65(83)62(80)67(57(51-74)87-69)90-71-66(84)63(81)68(58(52-75)88-71)89-70-64(82)61(79)60(78)56(50-73)86-70/h6,8,12,14,18,20,24,28,54-58,60-71,73-76,78-84H,3-5,7,9-11,13,15-17,19,21-23,25-27,29-53H2,1-2H3,(H,72,77)/b8-6-,14-12-,20-18-,28-24-. The Morgan fingerprint density at radius 3 is 1.20 bits per heavy atom. The lowest BCUT2D eigenvalue weighted by molar-refractivity contribution is -0.379. The summed E-state index contributed by atoms with van der Waals surface area (Å²) in [6, 6.07) is -0.894. The molecule has 12 N–H and O–H groups in total. The second-order valence-electron chi connectivity index (χ2n) is 25.7. The molecule has 90 heavy (non-hydrogen) atoms. The summed E-state index contributed by atoms with van der Waals surface area (Å²) in [4.78, 5) is 13.4. The number of unbranched alkanes of at least 4 members (excludes halogenated alkanes) is 31. The number of rotatable bonds is 55. The van der Waals surface area contributed by atoms with E-state index in [1.807, 2.05) is 0 Å². The summed E-state index contributed by atoms with van der Waals surface area (Å²) in [6.45, 7) is 1.70. The number of amides is 1. The van der Waals surface area contributed by atoms with Crippen molar-refractivity contribution < 1.29 is 89.4 Å². The summed E-state index contributed by atoms with van der Waals surface area (Å²) < 4.78 is 34.4. The molecule has 0 aromatic carbocycles. The van der Waals surface area contributed by atoms with Crippen molar-refractivity contribution in [2.75, 3.05) is 26.4 Å². The maximum Gasteiger partial charge on any atom is 0.220 e. The number of aliphatic hydroxyl groups is 11. The van der Waals surface area contributed by atoms with Crippen LogP contribution in [0, 0.1) is 0 Å². The van der Waals surface area contributed by atoms with Crippen LogP contribution in [0.15, 0.2) is 48.6 Å². The van der Waals surface area contributed by atoms with Crippen molar-refractivity contribution in [1.82, 2.24) is 5.32 Å². The smallest absolute Gasteiger partial charge is 0.220 e. The van der Waals surface area contributed by atoms with Crippen molar-refractivity contribution >= 4 is 5.91 Å². The maximum absolute atomic E-state index is 13.4. The molecule has 0 aromatic heterocycles. The third-order valence-corrected chi connectivity index (χ3v) is 17.9. The van der Waals surface area contributed by atoms with E-state index in [1.165, 1.54) is 148 Å². The Morgan fingerprint density at radius 2 is 0.767 bits per heavy atom.